The quantitative estimate of drug-likeness (QED) is 0.630. The monoisotopic (exact) mass is 378 g/mol. The number of halogens is 1. The van der Waals surface area contributed by atoms with Crippen molar-refractivity contribution < 1.29 is 9.53 Å². The van der Waals surface area contributed by atoms with Crippen LogP contribution < -0.4 is 5.32 Å². The van der Waals surface area contributed by atoms with E-state index in [4.69, 9.17) is 21.6 Å². The second kappa shape index (κ2) is 7.19. The number of fused-ring (bicyclic) bond motifs is 1. The molecule has 136 valence electrons. The van der Waals surface area contributed by atoms with E-state index in [-0.39, 0.29) is 11.3 Å². The first-order valence-electron chi connectivity index (χ1n) is 9.00. The Morgan fingerprint density at radius 3 is 2.63 bits per heavy atom. The summed E-state index contributed by atoms with van der Waals surface area (Å²) >= 11 is 6.22. The van der Waals surface area contributed by atoms with Crippen LogP contribution in [0.15, 0.2) is 48.5 Å². The number of rotatable bonds is 2. The maximum Gasteiger partial charge on any atom is 0.187 e. The van der Waals surface area contributed by atoms with Crippen LogP contribution in [0.2, 0.25) is 5.02 Å². The zero-order chi connectivity index (χ0) is 18.9. The molecule has 5 heteroatoms. The summed E-state index contributed by atoms with van der Waals surface area (Å²) in [5, 5.41) is 13.3. The van der Waals surface area contributed by atoms with Crippen LogP contribution in [0, 0.1) is 11.3 Å². The van der Waals surface area contributed by atoms with Gasteiger partial charge in [-0.15, -0.1) is 0 Å². The lowest BCUT2D eigenvalue weighted by atomic mass is 9.78. The van der Waals surface area contributed by atoms with Gasteiger partial charge in [-0.1, -0.05) is 17.7 Å². The first kappa shape index (κ1) is 17.8. The predicted octanol–water partition coefficient (Wildman–Crippen LogP) is 4.13. The van der Waals surface area contributed by atoms with Crippen molar-refractivity contribution >= 4 is 23.1 Å². The Hall–Kier alpha value is -2.61. The third-order valence-corrected chi connectivity index (χ3v) is 5.55. The highest BCUT2D eigenvalue weighted by Gasteiger charge is 2.37. The Balaban J connectivity index is 1.72. The molecular formula is C22H19ClN2O2. The Labute approximate surface area is 163 Å². The fourth-order valence-electron chi connectivity index (χ4n) is 3.83. The zero-order valence-corrected chi connectivity index (χ0v) is 15.6. The smallest absolute Gasteiger partial charge is 0.187 e. The average molecular weight is 379 g/mol. The van der Waals surface area contributed by atoms with Crippen LogP contribution in [0.1, 0.15) is 39.9 Å². The Bertz CT molecular complexity index is 951. The normalized spacial score (nSPS) is 19.2. The number of carbonyl (C=O) groups excluding carboxylic acids is 1. The fraction of sp³-hybridized carbons (Fsp3) is 0.273. The van der Waals surface area contributed by atoms with Crippen LogP contribution in [0.25, 0.3) is 5.70 Å². The number of nitrogens with zero attached hydrogens (tertiary/aromatic N) is 1. The summed E-state index contributed by atoms with van der Waals surface area (Å²) in [7, 11) is 0. The van der Waals surface area contributed by atoms with Crippen LogP contribution in [-0.2, 0) is 11.2 Å². The molecule has 1 fully saturated rings. The number of hydrogen-bond donors (Lipinski definition) is 1. The molecule has 1 spiro atoms. The molecule has 2 aromatic rings. The molecule has 0 unspecified atom stereocenters. The van der Waals surface area contributed by atoms with Gasteiger partial charge in [0.15, 0.2) is 5.78 Å². The molecule has 2 heterocycles. The van der Waals surface area contributed by atoms with Crippen molar-refractivity contribution in [3.05, 3.63) is 75.8 Å². The Morgan fingerprint density at radius 2 is 1.93 bits per heavy atom. The summed E-state index contributed by atoms with van der Waals surface area (Å²) in [5.74, 6) is -0.0907. The van der Waals surface area contributed by atoms with E-state index in [9.17, 15) is 4.79 Å². The van der Waals surface area contributed by atoms with E-state index in [1.165, 1.54) is 0 Å². The molecule has 0 aromatic heterocycles. The van der Waals surface area contributed by atoms with Crippen LogP contribution >= 0.6 is 11.6 Å². The summed E-state index contributed by atoms with van der Waals surface area (Å²) in [6.07, 6.45) is 4.31. The van der Waals surface area contributed by atoms with Gasteiger partial charge in [-0.05, 0) is 61.2 Å². The van der Waals surface area contributed by atoms with Crippen LogP contribution in [0.3, 0.4) is 0 Å². The van der Waals surface area contributed by atoms with Gasteiger partial charge in [0.25, 0.3) is 0 Å². The van der Waals surface area contributed by atoms with Crippen molar-refractivity contribution in [3.63, 3.8) is 0 Å². The lowest BCUT2D eigenvalue weighted by Gasteiger charge is -2.43. The maximum atomic E-state index is 12.8. The van der Waals surface area contributed by atoms with E-state index < -0.39 is 0 Å². The molecule has 1 saturated heterocycles. The lowest BCUT2D eigenvalue weighted by molar-refractivity contribution is 0.0435. The minimum absolute atomic E-state index is 0.0907. The predicted molar refractivity (Wildman–Crippen MR) is 105 cm³/mol. The number of benzene rings is 2. The van der Waals surface area contributed by atoms with Crippen molar-refractivity contribution in [1.29, 1.82) is 5.26 Å². The fourth-order valence-corrected chi connectivity index (χ4v) is 4.03. The first-order chi connectivity index (χ1) is 13.1. The second-order valence-corrected chi connectivity index (χ2v) is 7.54. The van der Waals surface area contributed by atoms with Gasteiger partial charge in [0.2, 0.25) is 0 Å². The molecule has 0 radical (unpaired) electrons. The molecule has 1 N–H and O–H groups in total. The second-order valence-electron chi connectivity index (χ2n) is 7.11. The van der Waals surface area contributed by atoms with Crippen molar-refractivity contribution in [2.24, 2.45) is 0 Å². The number of allylic oxidation sites excluding steroid dienone is 1. The number of hydrogen-bond acceptors (Lipinski definition) is 4. The van der Waals surface area contributed by atoms with E-state index in [0.717, 1.165) is 36.1 Å². The summed E-state index contributed by atoms with van der Waals surface area (Å²) in [6.45, 7) is 1.42. The first-order valence-corrected chi connectivity index (χ1v) is 9.37. The molecule has 0 saturated carbocycles. The molecule has 2 aliphatic heterocycles. The summed E-state index contributed by atoms with van der Waals surface area (Å²) < 4.78 is 5.54. The Kier molecular flexibility index (Phi) is 4.73. The summed E-state index contributed by atoms with van der Waals surface area (Å²) in [5.41, 5.74) is 3.98. The molecular weight excluding hydrogens is 360 g/mol. The molecule has 0 atom stereocenters. The standard InChI is InChI=1S/C22H19ClN2O2/c23-18-5-6-19-17(11-18)13-22(7-9-27-10-8-22)25-20(19)12-21(26)16-3-1-15(14-24)2-4-16/h1-6,11-12,25H,7-10,13H2/b20-12-. The minimum Gasteiger partial charge on any atom is -0.381 e. The summed E-state index contributed by atoms with van der Waals surface area (Å²) in [4.78, 5) is 12.8. The van der Waals surface area contributed by atoms with E-state index >= 15 is 0 Å². The summed E-state index contributed by atoms with van der Waals surface area (Å²) in [6, 6.07) is 14.6. The maximum absolute atomic E-state index is 12.8. The van der Waals surface area contributed by atoms with Gasteiger partial charge < -0.3 is 10.1 Å². The highest BCUT2D eigenvalue weighted by atomic mass is 35.5. The number of nitrogens with one attached hydrogen (secondary N) is 1. The topological polar surface area (TPSA) is 62.1 Å². The van der Waals surface area contributed by atoms with Gasteiger partial charge in [0.05, 0.1) is 11.6 Å². The van der Waals surface area contributed by atoms with Gasteiger partial charge >= 0.3 is 0 Å². The molecule has 4 rings (SSSR count). The molecule has 0 amide bonds. The number of carbonyl (C=O) groups is 1. The average Bonchev–Trinajstić information content (AvgIpc) is 2.68. The molecule has 0 aliphatic carbocycles. The van der Waals surface area contributed by atoms with E-state index in [1.807, 2.05) is 18.2 Å². The van der Waals surface area contributed by atoms with Gasteiger partial charge in [0, 0.05) is 46.7 Å². The van der Waals surface area contributed by atoms with Crippen molar-refractivity contribution in [1.82, 2.24) is 5.32 Å². The minimum atomic E-state index is -0.104. The largest absolute Gasteiger partial charge is 0.381 e. The zero-order valence-electron chi connectivity index (χ0n) is 14.8. The van der Waals surface area contributed by atoms with Crippen LogP contribution in [0.5, 0.6) is 0 Å². The van der Waals surface area contributed by atoms with Gasteiger partial charge in [0.1, 0.15) is 0 Å². The molecule has 4 nitrogen and oxygen atoms in total. The molecule has 27 heavy (non-hydrogen) atoms. The molecule has 2 aliphatic rings. The van der Waals surface area contributed by atoms with E-state index in [2.05, 4.69) is 11.4 Å². The number of ketones is 1. The van der Waals surface area contributed by atoms with Gasteiger partial charge in [-0.3, -0.25) is 4.79 Å². The third-order valence-electron chi connectivity index (χ3n) is 5.31. The highest BCUT2D eigenvalue weighted by molar-refractivity contribution is 6.30. The Morgan fingerprint density at radius 1 is 1.19 bits per heavy atom. The van der Waals surface area contributed by atoms with Gasteiger partial charge in [-0.2, -0.15) is 5.26 Å². The van der Waals surface area contributed by atoms with E-state index in [1.54, 1.807) is 30.3 Å². The van der Waals surface area contributed by atoms with Gasteiger partial charge in [-0.25, -0.2) is 0 Å². The van der Waals surface area contributed by atoms with Crippen molar-refractivity contribution in [2.45, 2.75) is 24.8 Å². The number of nitriles is 1. The van der Waals surface area contributed by atoms with Crippen LogP contribution in [-0.4, -0.2) is 24.5 Å². The number of ether oxygens (including phenoxy) is 1. The SMILES string of the molecule is N#Cc1ccc(C(=O)/C=C2\NC3(CCOCC3)Cc3cc(Cl)ccc32)cc1. The van der Waals surface area contributed by atoms with Crippen LogP contribution in [0.4, 0.5) is 0 Å². The van der Waals surface area contributed by atoms with Crippen molar-refractivity contribution in [3.8, 4) is 6.07 Å². The third kappa shape index (κ3) is 3.62. The van der Waals surface area contributed by atoms with Crippen molar-refractivity contribution in [2.75, 3.05) is 13.2 Å². The highest BCUT2D eigenvalue weighted by Crippen LogP contribution is 2.36. The lowest BCUT2D eigenvalue weighted by Crippen LogP contribution is -2.52. The van der Waals surface area contributed by atoms with E-state index in [0.29, 0.717) is 29.4 Å². The molecule has 0 bridgehead atoms. The molecule has 2 aromatic carbocycles.